The summed E-state index contributed by atoms with van der Waals surface area (Å²) in [5.74, 6) is 0.516. The largest absolute Gasteiger partial charge is 0.494 e. The van der Waals surface area contributed by atoms with Crippen LogP contribution in [0.5, 0.6) is 5.75 Å². The topological polar surface area (TPSA) is 62.1 Å². The van der Waals surface area contributed by atoms with Gasteiger partial charge in [-0.3, -0.25) is 4.79 Å². The zero-order valence-corrected chi connectivity index (χ0v) is 11.7. The Labute approximate surface area is 114 Å². The molecule has 0 unspecified atom stereocenters. The summed E-state index contributed by atoms with van der Waals surface area (Å²) in [5.41, 5.74) is -0.270. The van der Waals surface area contributed by atoms with Crippen molar-refractivity contribution >= 4 is 11.6 Å². The summed E-state index contributed by atoms with van der Waals surface area (Å²) in [6, 6.07) is 9.27. The van der Waals surface area contributed by atoms with Crippen molar-refractivity contribution in [3.8, 4) is 11.8 Å². The van der Waals surface area contributed by atoms with Gasteiger partial charge in [-0.15, -0.1) is 0 Å². The zero-order chi connectivity index (χ0) is 14.3. The standard InChI is InChI=1S/C15H20N2O2/c1-4-15(5-2,11-16)14(18)17-12-7-9-13(10-8-12)19-6-3/h7-10H,4-6H2,1-3H3,(H,17,18). The molecule has 0 fully saturated rings. The number of nitriles is 1. The molecule has 0 saturated heterocycles. The van der Waals surface area contributed by atoms with Crippen LogP contribution in [0.1, 0.15) is 33.6 Å². The second kappa shape index (κ2) is 6.79. The molecule has 4 nitrogen and oxygen atoms in total. The number of nitrogens with one attached hydrogen (secondary N) is 1. The third-order valence-electron chi connectivity index (χ3n) is 3.28. The molecule has 1 aromatic rings. The fraction of sp³-hybridized carbons (Fsp3) is 0.467. The Balaban J connectivity index is 2.79. The molecule has 0 aromatic heterocycles. The second-order valence-electron chi connectivity index (χ2n) is 4.31. The number of carbonyl (C=O) groups excluding carboxylic acids is 1. The maximum atomic E-state index is 12.2. The SMILES string of the molecule is CCOc1ccc(NC(=O)C(C#N)(CC)CC)cc1. The molecule has 0 aliphatic carbocycles. The fourth-order valence-corrected chi connectivity index (χ4v) is 1.83. The number of benzene rings is 1. The van der Waals surface area contributed by atoms with Crippen molar-refractivity contribution in [3.63, 3.8) is 0 Å². The Morgan fingerprint density at radius 3 is 2.26 bits per heavy atom. The van der Waals surface area contributed by atoms with Gasteiger partial charge in [-0.1, -0.05) is 13.8 Å². The minimum absolute atomic E-state index is 0.246. The van der Waals surface area contributed by atoms with Crippen LogP contribution < -0.4 is 10.1 Å². The van der Waals surface area contributed by atoms with Gasteiger partial charge in [-0.25, -0.2) is 0 Å². The molecule has 0 atom stereocenters. The maximum absolute atomic E-state index is 12.2. The third-order valence-corrected chi connectivity index (χ3v) is 3.28. The van der Waals surface area contributed by atoms with Crippen LogP contribution in [0.3, 0.4) is 0 Å². The van der Waals surface area contributed by atoms with Crippen molar-refractivity contribution in [1.29, 1.82) is 5.26 Å². The molecular weight excluding hydrogens is 240 g/mol. The van der Waals surface area contributed by atoms with Crippen molar-refractivity contribution in [2.75, 3.05) is 11.9 Å². The van der Waals surface area contributed by atoms with E-state index in [1.165, 1.54) is 0 Å². The first-order chi connectivity index (χ1) is 9.11. The Morgan fingerprint density at radius 1 is 1.26 bits per heavy atom. The van der Waals surface area contributed by atoms with E-state index in [1.807, 2.05) is 20.8 Å². The van der Waals surface area contributed by atoms with Crippen molar-refractivity contribution in [2.24, 2.45) is 5.41 Å². The molecular formula is C15H20N2O2. The first-order valence-electron chi connectivity index (χ1n) is 6.57. The minimum Gasteiger partial charge on any atom is -0.494 e. The summed E-state index contributed by atoms with van der Waals surface area (Å²) in [5, 5.41) is 12.0. The molecule has 19 heavy (non-hydrogen) atoms. The molecule has 1 aromatic carbocycles. The monoisotopic (exact) mass is 260 g/mol. The first-order valence-corrected chi connectivity index (χ1v) is 6.57. The predicted octanol–water partition coefficient (Wildman–Crippen LogP) is 3.35. The summed E-state index contributed by atoms with van der Waals surface area (Å²) < 4.78 is 5.33. The molecule has 1 N–H and O–H groups in total. The van der Waals surface area contributed by atoms with Gasteiger partial charge in [0.15, 0.2) is 0 Å². The maximum Gasteiger partial charge on any atom is 0.244 e. The lowest BCUT2D eigenvalue weighted by Crippen LogP contribution is -2.33. The Bertz CT molecular complexity index is 456. The highest BCUT2D eigenvalue weighted by Crippen LogP contribution is 2.27. The number of amides is 1. The lowest BCUT2D eigenvalue weighted by atomic mass is 9.83. The van der Waals surface area contributed by atoms with Crippen molar-refractivity contribution < 1.29 is 9.53 Å². The van der Waals surface area contributed by atoms with Gasteiger partial charge < -0.3 is 10.1 Å². The van der Waals surface area contributed by atoms with Crippen LogP contribution >= 0.6 is 0 Å². The first kappa shape index (κ1) is 15.0. The van der Waals surface area contributed by atoms with Crippen molar-refractivity contribution in [1.82, 2.24) is 0 Å². The van der Waals surface area contributed by atoms with E-state index in [1.54, 1.807) is 24.3 Å². The molecule has 4 heteroatoms. The van der Waals surface area contributed by atoms with Gasteiger partial charge >= 0.3 is 0 Å². The summed E-state index contributed by atoms with van der Waals surface area (Å²) in [4.78, 5) is 12.2. The van der Waals surface area contributed by atoms with Crippen molar-refractivity contribution in [3.05, 3.63) is 24.3 Å². The number of carbonyl (C=O) groups is 1. The second-order valence-corrected chi connectivity index (χ2v) is 4.31. The van der Waals surface area contributed by atoms with E-state index < -0.39 is 5.41 Å². The number of hydrogen-bond donors (Lipinski definition) is 1. The average molecular weight is 260 g/mol. The van der Waals surface area contributed by atoms with Gasteiger partial charge in [0.2, 0.25) is 5.91 Å². The molecule has 0 heterocycles. The van der Waals surface area contributed by atoms with Crippen LogP contribution in [-0.4, -0.2) is 12.5 Å². The highest BCUT2D eigenvalue weighted by Gasteiger charge is 2.34. The number of nitrogens with zero attached hydrogens (tertiary/aromatic N) is 1. The van der Waals surface area contributed by atoms with Crippen LogP contribution in [-0.2, 0) is 4.79 Å². The van der Waals surface area contributed by atoms with E-state index in [0.29, 0.717) is 25.1 Å². The summed E-state index contributed by atoms with van der Waals surface area (Å²) in [6.45, 7) is 6.23. The van der Waals surface area contributed by atoms with Gasteiger partial charge in [0.05, 0.1) is 12.7 Å². The zero-order valence-electron chi connectivity index (χ0n) is 11.7. The van der Waals surface area contributed by atoms with E-state index in [-0.39, 0.29) is 5.91 Å². The Kier molecular flexibility index (Phi) is 5.37. The van der Waals surface area contributed by atoms with Gasteiger partial charge in [0.25, 0.3) is 0 Å². The van der Waals surface area contributed by atoms with Crippen LogP contribution in [0.25, 0.3) is 0 Å². The molecule has 102 valence electrons. The molecule has 0 spiro atoms. The Hall–Kier alpha value is -2.02. The lowest BCUT2D eigenvalue weighted by Gasteiger charge is -2.22. The average Bonchev–Trinajstić information content (AvgIpc) is 2.44. The predicted molar refractivity (Wildman–Crippen MR) is 74.9 cm³/mol. The van der Waals surface area contributed by atoms with E-state index in [0.717, 1.165) is 5.75 Å². The van der Waals surface area contributed by atoms with Gasteiger partial charge in [-0.2, -0.15) is 5.26 Å². The Morgan fingerprint density at radius 2 is 1.84 bits per heavy atom. The number of hydrogen-bond acceptors (Lipinski definition) is 3. The van der Waals surface area contributed by atoms with Gasteiger partial charge in [0.1, 0.15) is 11.2 Å². The molecule has 0 bridgehead atoms. The van der Waals surface area contributed by atoms with Crippen LogP contribution in [0.4, 0.5) is 5.69 Å². The summed E-state index contributed by atoms with van der Waals surface area (Å²) in [6.07, 6.45) is 1.01. The molecule has 0 radical (unpaired) electrons. The van der Waals surface area contributed by atoms with E-state index >= 15 is 0 Å². The van der Waals surface area contributed by atoms with E-state index in [4.69, 9.17) is 4.74 Å². The quantitative estimate of drug-likeness (QED) is 0.853. The molecule has 1 rings (SSSR count). The number of anilines is 1. The molecule has 0 aliphatic rings. The van der Waals surface area contributed by atoms with Crippen LogP contribution in [0.2, 0.25) is 0 Å². The number of ether oxygens (including phenoxy) is 1. The van der Waals surface area contributed by atoms with Gasteiger partial charge in [0, 0.05) is 5.69 Å². The third kappa shape index (κ3) is 3.47. The highest BCUT2D eigenvalue weighted by molar-refractivity contribution is 5.97. The lowest BCUT2D eigenvalue weighted by molar-refractivity contribution is -0.123. The van der Waals surface area contributed by atoms with Crippen molar-refractivity contribution in [2.45, 2.75) is 33.6 Å². The molecule has 1 amide bonds. The fourth-order valence-electron chi connectivity index (χ4n) is 1.83. The van der Waals surface area contributed by atoms with Gasteiger partial charge in [-0.05, 0) is 44.0 Å². The summed E-state index contributed by atoms with van der Waals surface area (Å²) >= 11 is 0. The van der Waals surface area contributed by atoms with E-state index in [9.17, 15) is 10.1 Å². The highest BCUT2D eigenvalue weighted by atomic mass is 16.5. The summed E-state index contributed by atoms with van der Waals surface area (Å²) in [7, 11) is 0. The smallest absolute Gasteiger partial charge is 0.244 e. The normalized spacial score (nSPS) is 10.6. The van der Waals surface area contributed by atoms with Crippen LogP contribution in [0.15, 0.2) is 24.3 Å². The van der Waals surface area contributed by atoms with E-state index in [2.05, 4.69) is 11.4 Å². The molecule has 0 saturated carbocycles. The minimum atomic E-state index is -0.946. The van der Waals surface area contributed by atoms with Crippen LogP contribution in [0, 0.1) is 16.7 Å². The number of rotatable bonds is 6. The molecule has 0 aliphatic heterocycles.